The van der Waals surface area contributed by atoms with Crippen molar-refractivity contribution in [3.8, 4) is 0 Å². The van der Waals surface area contributed by atoms with Gasteiger partial charge in [-0.15, -0.1) is 0 Å². The molecular weight excluding hydrogens is 212 g/mol. The van der Waals surface area contributed by atoms with Crippen LogP contribution in [0.25, 0.3) is 0 Å². The number of rotatable bonds is 9. The molecule has 0 aromatic carbocycles. The molecule has 0 aliphatic carbocycles. The van der Waals surface area contributed by atoms with Gasteiger partial charge in [-0.05, 0) is 33.7 Å². The van der Waals surface area contributed by atoms with E-state index in [1.807, 2.05) is 0 Å². The lowest BCUT2D eigenvalue weighted by Gasteiger charge is -2.33. The largest absolute Gasteiger partial charge is 0.319 e. The average Bonchev–Trinajstić information content (AvgIpc) is 2.16. The van der Waals surface area contributed by atoms with E-state index in [9.17, 15) is 0 Å². The van der Waals surface area contributed by atoms with Gasteiger partial charge in [0.05, 0.1) is 0 Å². The summed E-state index contributed by atoms with van der Waals surface area (Å²) < 4.78 is 4.94. The van der Waals surface area contributed by atoms with E-state index in [1.54, 1.807) is 0 Å². The zero-order valence-corrected chi connectivity index (χ0v) is 13.4. The molecule has 98 valence electrons. The van der Waals surface area contributed by atoms with E-state index in [4.69, 9.17) is 0 Å². The quantitative estimate of drug-likeness (QED) is 0.454. The van der Waals surface area contributed by atoms with Gasteiger partial charge in [0.25, 0.3) is 0 Å². The molecule has 0 aromatic rings. The number of unbranched alkanes of at least 4 members (excludes halogenated alkanes) is 4. The first-order valence-corrected chi connectivity index (χ1v) is 8.53. The Labute approximate surface area is 105 Å². The van der Waals surface area contributed by atoms with Crippen molar-refractivity contribution < 1.29 is 0 Å². The summed E-state index contributed by atoms with van der Waals surface area (Å²) in [4.78, 5) is 0. The standard InChI is InChI=1S/C13H32N2Si/c1-7-8-9-10-11-12-13(2)16(14(3)4)15(5)6/h13,16H,7-12H2,1-6H3. The van der Waals surface area contributed by atoms with E-state index in [0.717, 1.165) is 5.54 Å². The normalized spacial score (nSPS) is 14.1. The Morgan fingerprint density at radius 2 is 1.38 bits per heavy atom. The van der Waals surface area contributed by atoms with Crippen LogP contribution in [0.3, 0.4) is 0 Å². The Kier molecular flexibility index (Phi) is 9.28. The predicted octanol–water partition coefficient (Wildman–Crippen LogP) is 3.08. The van der Waals surface area contributed by atoms with Gasteiger partial charge in [0.2, 0.25) is 0 Å². The van der Waals surface area contributed by atoms with Crippen molar-refractivity contribution in [2.24, 2.45) is 0 Å². The van der Waals surface area contributed by atoms with Crippen molar-refractivity contribution in [3.05, 3.63) is 0 Å². The molecule has 0 heterocycles. The Hall–Kier alpha value is 0.137. The van der Waals surface area contributed by atoms with Gasteiger partial charge in [0, 0.05) is 0 Å². The highest BCUT2D eigenvalue weighted by Gasteiger charge is 2.23. The number of nitrogens with zero attached hydrogens (tertiary/aromatic N) is 2. The van der Waals surface area contributed by atoms with Crippen LogP contribution in [0, 0.1) is 0 Å². The van der Waals surface area contributed by atoms with Gasteiger partial charge in [0.1, 0.15) is 0 Å². The molecule has 0 spiro atoms. The topological polar surface area (TPSA) is 6.48 Å². The van der Waals surface area contributed by atoms with Gasteiger partial charge in [-0.2, -0.15) is 0 Å². The molecule has 0 aliphatic rings. The molecule has 0 aliphatic heterocycles. The molecule has 1 atom stereocenters. The Morgan fingerprint density at radius 3 is 1.81 bits per heavy atom. The molecule has 2 nitrogen and oxygen atoms in total. The molecule has 0 radical (unpaired) electrons. The molecule has 0 fully saturated rings. The fourth-order valence-corrected chi connectivity index (χ4v) is 6.19. The molecule has 1 unspecified atom stereocenters. The van der Waals surface area contributed by atoms with Crippen molar-refractivity contribution in [1.29, 1.82) is 0 Å². The number of hydrogen-bond acceptors (Lipinski definition) is 2. The lowest BCUT2D eigenvalue weighted by atomic mass is 10.1. The summed E-state index contributed by atoms with van der Waals surface area (Å²) in [5, 5.41) is 0. The minimum Gasteiger partial charge on any atom is -0.319 e. The van der Waals surface area contributed by atoms with Crippen molar-refractivity contribution >= 4 is 9.12 Å². The van der Waals surface area contributed by atoms with Crippen molar-refractivity contribution in [1.82, 2.24) is 9.13 Å². The van der Waals surface area contributed by atoms with Crippen molar-refractivity contribution in [2.75, 3.05) is 28.2 Å². The second kappa shape index (κ2) is 9.20. The zero-order valence-electron chi connectivity index (χ0n) is 12.3. The molecule has 0 amide bonds. The van der Waals surface area contributed by atoms with Crippen molar-refractivity contribution in [3.63, 3.8) is 0 Å². The highest BCUT2D eigenvalue weighted by atomic mass is 28.3. The van der Waals surface area contributed by atoms with Gasteiger partial charge >= 0.3 is 0 Å². The van der Waals surface area contributed by atoms with Gasteiger partial charge in [-0.25, -0.2) is 0 Å². The van der Waals surface area contributed by atoms with Gasteiger partial charge < -0.3 is 9.13 Å². The van der Waals surface area contributed by atoms with E-state index in [0.29, 0.717) is 0 Å². The molecule has 0 saturated carbocycles. The van der Waals surface area contributed by atoms with E-state index in [2.05, 4.69) is 51.2 Å². The van der Waals surface area contributed by atoms with Crippen LogP contribution in [-0.4, -0.2) is 46.4 Å². The third-order valence-corrected chi connectivity index (χ3v) is 6.80. The van der Waals surface area contributed by atoms with Crippen LogP contribution >= 0.6 is 0 Å². The van der Waals surface area contributed by atoms with Crippen LogP contribution in [-0.2, 0) is 0 Å². The fourth-order valence-electron chi connectivity index (χ4n) is 2.70. The lowest BCUT2D eigenvalue weighted by Crippen LogP contribution is -2.48. The third kappa shape index (κ3) is 6.66. The zero-order chi connectivity index (χ0) is 12.6. The summed E-state index contributed by atoms with van der Waals surface area (Å²) in [6, 6.07) is 0. The van der Waals surface area contributed by atoms with Crippen LogP contribution in [0.15, 0.2) is 0 Å². The van der Waals surface area contributed by atoms with Crippen molar-refractivity contribution in [2.45, 2.75) is 57.9 Å². The first kappa shape index (κ1) is 16.1. The Bertz CT molecular complexity index is 152. The SMILES string of the molecule is CCCCCCCC(C)[SiH](N(C)C)N(C)C. The third-order valence-electron chi connectivity index (χ3n) is 3.33. The van der Waals surface area contributed by atoms with E-state index >= 15 is 0 Å². The second-order valence-corrected chi connectivity index (χ2v) is 9.55. The molecule has 0 rings (SSSR count). The summed E-state index contributed by atoms with van der Waals surface area (Å²) in [6.07, 6.45) is 8.46. The summed E-state index contributed by atoms with van der Waals surface area (Å²) >= 11 is 0. The second-order valence-electron chi connectivity index (χ2n) is 5.52. The molecule has 0 N–H and O–H groups in total. The van der Waals surface area contributed by atoms with Crippen LogP contribution < -0.4 is 0 Å². The Morgan fingerprint density at radius 1 is 0.875 bits per heavy atom. The van der Waals surface area contributed by atoms with Gasteiger partial charge in [0.15, 0.2) is 9.12 Å². The summed E-state index contributed by atoms with van der Waals surface area (Å²) in [7, 11) is 8.10. The van der Waals surface area contributed by atoms with Crippen LogP contribution in [0.4, 0.5) is 0 Å². The first-order chi connectivity index (χ1) is 7.50. The summed E-state index contributed by atoms with van der Waals surface area (Å²) in [6.45, 7) is 4.72. The van der Waals surface area contributed by atoms with Gasteiger partial charge in [-0.1, -0.05) is 52.4 Å². The average molecular weight is 244 g/mol. The predicted molar refractivity (Wildman–Crippen MR) is 77.3 cm³/mol. The minimum absolute atomic E-state index is 0.867. The monoisotopic (exact) mass is 244 g/mol. The maximum Gasteiger partial charge on any atom is 0.192 e. The Balaban J connectivity index is 3.79. The highest BCUT2D eigenvalue weighted by molar-refractivity contribution is 6.54. The summed E-state index contributed by atoms with van der Waals surface area (Å²) in [5.74, 6) is 0. The minimum atomic E-state index is -0.867. The smallest absolute Gasteiger partial charge is 0.192 e. The van der Waals surface area contributed by atoms with Crippen LogP contribution in [0.2, 0.25) is 5.54 Å². The molecule has 3 heteroatoms. The van der Waals surface area contributed by atoms with E-state index in [1.165, 1.54) is 38.5 Å². The van der Waals surface area contributed by atoms with Gasteiger partial charge in [-0.3, -0.25) is 0 Å². The fraction of sp³-hybridized carbons (Fsp3) is 1.00. The summed E-state index contributed by atoms with van der Waals surface area (Å²) in [5.41, 5.74) is 0.895. The molecule has 0 saturated heterocycles. The molecule has 16 heavy (non-hydrogen) atoms. The maximum absolute atomic E-state index is 2.47. The lowest BCUT2D eigenvalue weighted by molar-refractivity contribution is 0.479. The van der Waals surface area contributed by atoms with E-state index in [-0.39, 0.29) is 0 Å². The molecule has 0 aromatic heterocycles. The first-order valence-electron chi connectivity index (χ1n) is 6.83. The van der Waals surface area contributed by atoms with E-state index < -0.39 is 9.12 Å². The van der Waals surface area contributed by atoms with Crippen LogP contribution in [0.1, 0.15) is 52.4 Å². The maximum atomic E-state index is 2.47. The molecular formula is C13H32N2Si. The highest BCUT2D eigenvalue weighted by Crippen LogP contribution is 2.21. The molecule has 0 bridgehead atoms. The van der Waals surface area contributed by atoms with Crippen LogP contribution in [0.5, 0.6) is 0 Å². The number of hydrogen-bond donors (Lipinski definition) is 0.